The van der Waals surface area contributed by atoms with Crippen LogP contribution in [0.1, 0.15) is 37.9 Å². The average molecular weight is 330 g/mol. The van der Waals surface area contributed by atoms with E-state index in [-0.39, 0.29) is 18.7 Å². The molecule has 0 bridgehead atoms. The summed E-state index contributed by atoms with van der Waals surface area (Å²) in [5.41, 5.74) is 2.52. The summed E-state index contributed by atoms with van der Waals surface area (Å²) in [4.78, 5) is 27.4. The van der Waals surface area contributed by atoms with Gasteiger partial charge >= 0.3 is 5.97 Å². The van der Waals surface area contributed by atoms with Crippen LogP contribution in [-0.2, 0) is 9.59 Å². The summed E-state index contributed by atoms with van der Waals surface area (Å²) in [5, 5.41) is 11.8. The molecule has 0 saturated carbocycles. The van der Waals surface area contributed by atoms with Crippen molar-refractivity contribution in [1.29, 1.82) is 0 Å². The number of carbonyl (C=O) groups is 2. The molecule has 0 aliphatic rings. The fraction of sp³-hybridized carbons (Fsp3) is 0.389. The van der Waals surface area contributed by atoms with Crippen LogP contribution in [0.2, 0.25) is 0 Å². The number of carboxylic acids is 1. The molecule has 6 nitrogen and oxygen atoms in total. The molecular weight excluding hydrogens is 308 g/mol. The standard InChI is InChI=1S/C18H22N2O4/c1-11-5-6-13(17-19-12(2)10-24-17)7-14(11)20-15(21)8-18(3,4)9-16(22)23/h5-7,10H,8-9H2,1-4H3,(H,20,21)(H,22,23). The van der Waals surface area contributed by atoms with E-state index in [1.165, 1.54) is 0 Å². The fourth-order valence-corrected chi connectivity index (χ4v) is 2.48. The Bertz CT molecular complexity index is 762. The van der Waals surface area contributed by atoms with Gasteiger partial charge in [-0.15, -0.1) is 0 Å². The smallest absolute Gasteiger partial charge is 0.303 e. The van der Waals surface area contributed by atoms with Crippen molar-refractivity contribution in [2.75, 3.05) is 5.32 Å². The lowest BCUT2D eigenvalue weighted by Gasteiger charge is -2.21. The average Bonchev–Trinajstić information content (AvgIpc) is 2.85. The zero-order valence-corrected chi connectivity index (χ0v) is 14.3. The number of hydrogen-bond acceptors (Lipinski definition) is 4. The number of aryl methyl sites for hydroxylation is 2. The van der Waals surface area contributed by atoms with Gasteiger partial charge < -0.3 is 14.8 Å². The maximum atomic E-state index is 12.3. The molecule has 0 atom stereocenters. The number of carboxylic acid groups (broad SMARTS) is 1. The minimum atomic E-state index is -0.912. The number of benzene rings is 1. The summed E-state index contributed by atoms with van der Waals surface area (Å²) >= 11 is 0. The van der Waals surface area contributed by atoms with E-state index in [1.807, 2.05) is 32.0 Å². The second-order valence-corrected chi connectivity index (χ2v) is 6.78. The predicted molar refractivity (Wildman–Crippen MR) is 90.7 cm³/mol. The Morgan fingerprint density at radius 2 is 1.96 bits per heavy atom. The highest BCUT2D eigenvalue weighted by atomic mass is 16.4. The number of aromatic nitrogens is 1. The van der Waals surface area contributed by atoms with Crippen LogP contribution in [0.4, 0.5) is 5.69 Å². The monoisotopic (exact) mass is 330 g/mol. The first-order chi connectivity index (χ1) is 11.2. The van der Waals surface area contributed by atoms with E-state index >= 15 is 0 Å². The van der Waals surface area contributed by atoms with Crippen LogP contribution in [0.25, 0.3) is 11.5 Å². The summed E-state index contributed by atoms with van der Waals surface area (Å²) in [7, 11) is 0. The number of carbonyl (C=O) groups excluding carboxylic acids is 1. The second kappa shape index (κ2) is 6.86. The minimum absolute atomic E-state index is 0.0605. The van der Waals surface area contributed by atoms with Crippen molar-refractivity contribution in [2.45, 2.75) is 40.5 Å². The molecule has 0 spiro atoms. The Balaban J connectivity index is 2.14. The number of rotatable bonds is 6. The van der Waals surface area contributed by atoms with Crippen molar-refractivity contribution in [1.82, 2.24) is 4.98 Å². The molecule has 1 heterocycles. The van der Waals surface area contributed by atoms with E-state index in [1.54, 1.807) is 20.1 Å². The molecule has 1 amide bonds. The molecule has 128 valence electrons. The quantitative estimate of drug-likeness (QED) is 0.840. The van der Waals surface area contributed by atoms with Crippen LogP contribution < -0.4 is 5.32 Å². The van der Waals surface area contributed by atoms with Crippen molar-refractivity contribution >= 4 is 17.6 Å². The lowest BCUT2D eigenvalue weighted by molar-refractivity contribution is -0.139. The van der Waals surface area contributed by atoms with Gasteiger partial charge in [0.05, 0.1) is 12.1 Å². The number of oxazole rings is 1. The minimum Gasteiger partial charge on any atom is -0.481 e. The third-order valence-corrected chi connectivity index (χ3v) is 3.65. The van der Waals surface area contributed by atoms with Crippen LogP contribution in [0.5, 0.6) is 0 Å². The number of nitrogens with zero attached hydrogens (tertiary/aromatic N) is 1. The van der Waals surface area contributed by atoms with Gasteiger partial charge in [0, 0.05) is 17.7 Å². The SMILES string of the molecule is Cc1coc(-c2ccc(C)c(NC(=O)CC(C)(C)CC(=O)O)c2)n1. The molecule has 0 unspecified atom stereocenters. The number of hydrogen-bond donors (Lipinski definition) is 2. The van der Waals surface area contributed by atoms with Gasteiger partial charge in [0.25, 0.3) is 0 Å². The molecule has 2 aromatic rings. The van der Waals surface area contributed by atoms with Gasteiger partial charge in [-0.05, 0) is 37.0 Å². The lowest BCUT2D eigenvalue weighted by Crippen LogP contribution is -2.25. The summed E-state index contributed by atoms with van der Waals surface area (Å²) < 4.78 is 5.39. The first-order valence-electron chi connectivity index (χ1n) is 7.71. The van der Waals surface area contributed by atoms with Crippen LogP contribution >= 0.6 is 0 Å². The third kappa shape index (κ3) is 4.68. The van der Waals surface area contributed by atoms with Crippen molar-refractivity contribution in [3.63, 3.8) is 0 Å². The van der Waals surface area contributed by atoms with Crippen LogP contribution in [0, 0.1) is 19.3 Å². The van der Waals surface area contributed by atoms with Gasteiger partial charge in [-0.3, -0.25) is 9.59 Å². The molecule has 2 rings (SSSR count). The highest BCUT2D eigenvalue weighted by molar-refractivity contribution is 5.92. The van der Waals surface area contributed by atoms with E-state index in [0.29, 0.717) is 11.6 Å². The lowest BCUT2D eigenvalue weighted by atomic mass is 9.85. The van der Waals surface area contributed by atoms with E-state index in [4.69, 9.17) is 9.52 Å². The normalized spacial score (nSPS) is 11.3. The van der Waals surface area contributed by atoms with Gasteiger partial charge in [-0.25, -0.2) is 4.98 Å². The van der Waals surface area contributed by atoms with Crippen LogP contribution in [0.3, 0.4) is 0 Å². The van der Waals surface area contributed by atoms with E-state index in [2.05, 4.69) is 10.3 Å². The summed E-state index contributed by atoms with van der Waals surface area (Å²) in [6.45, 7) is 7.26. The zero-order valence-electron chi connectivity index (χ0n) is 14.3. The van der Waals surface area contributed by atoms with Gasteiger partial charge in [0.2, 0.25) is 11.8 Å². The Morgan fingerprint density at radius 3 is 2.54 bits per heavy atom. The number of aliphatic carboxylic acids is 1. The van der Waals surface area contributed by atoms with Crippen molar-refractivity contribution in [3.8, 4) is 11.5 Å². The summed E-state index contributed by atoms with van der Waals surface area (Å²) in [6.07, 6.45) is 1.64. The number of anilines is 1. The molecule has 2 N–H and O–H groups in total. The Hall–Kier alpha value is -2.63. The first kappa shape index (κ1) is 17.7. The van der Waals surface area contributed by atoms with Gasteiger partial charge in [-0.2, -0.15) is 0 Å². The molecule has 0 saturated heterocycles. The first-order valence-corrected chi connectivity index (χ1v) is 7.71. The van der Waals surface area contributed by atoms with E-state index in [0.717, 1.165) is 16.8 Å². The third-order valence-electron chi connectivity index (χ3n) is 3.65. The molecular formula is C18H22N2O4. The van der Waals surface area contributed by atoms with Gasteiger partial charge in [0.1, 0.15) is 6.26 Å². The fourth-order valence-electron chi connectivity index (χ4n) is 2.48. The van der Waals surface area contributed by atoms with Crippen LogP contribution in [0.15, 0.2) is 28.9 Å². The van der Waals surface area contributed by atoms with Crippen molar-refractivity contribution in [3.05, 3.63) is 35.7 Å². The van der Waals surface area contributed by atoms with Gasteiger partial charge in [0.15, 0.2) is 0 Å². The topological polar surface area (TPSA) is 92.4 Å². The number of amides is 1. The zero-order chi connectivity index (χ0) is 17.9. The molecule has 0 aliphatic heterocycles. The van der Waals surface area contributed by atoms with Crippen molar-refractivity contribution < 1.29 is 19.1 Å². The molecule has 1 aromatic heterocycles. The molecule has 1 aromatic carbocycles. The van der Waals surface area contributed by atoms with Gasteiger partial charge in [-0.1, -0.05) is 19.9 Å². The maximum Gasteiger partial charge on any atom is 0.303 e. The maximum absolute atomic E-state index is 12.3. The molecule has 0 fully saturated rings. The molecule has 6 heteroatoms. The highest BCUT2D eigenvalue weighted by Crippen LogP contribution is 2.28. The molecule has 24 heavy (non-hydrogen) atoms. The Labute approximate surface area is 140 Å². The Morgan fingerprint density at radius 1 is 1.25 bits per heavy atom. The van der Waals surface area contributed by atoms with Crippen LogP contribution in [-0.4, -0.2) is 22.0 Å². The predicted octanol–water partition coefficient (Wildman–Crippen LogP) is 3.79. The second-order valence-electron chi connectivity index (χ2n) is 6.78. The van der Waals surface area contributed by atoms with E-state index < -0.39 is 11.4 Å². The largest absolute Gasteiger partial charge is 0.481 e. The molecule has 0 aliphatic carbocycles. The molecule has 0 radical (unpaired) electrons. The summed E-state index contributed by atoms with van der Waals surface area (Å²) in [6, 6.07) is 5.57. The van der Waals surface area contributed by atoms with E-state index in [9.17, 15) is 9.59 Å². The highest BCUT2D eigenvalue weighted by Gasteiger charge is 2.25. The summed E-state index contributed by atoms with van der Waals surface area (Å²) in [5.74, 6) is -0.635. The number of nitrogens with one attached hydrogen (secondary N) is 1. The van der Waals surface area contributed by atoms with Crippen molar-refractivity contribution in [2.24, 2.45) is 5.41 Å². The Kier molecular flexibility index (Phi) is 5.07.